The van der Waals surface area contributed by atoms with Gasteiger partial charge in [0.15, 0.2) is 0 Å². The van der Waals surface area contributed by atoms with Gasteiger partial charge in [-0.3, -0.25) is 4.31 Å². The molecule has 3 aromatic carbocycles. The molecule has 1 spiro atoms. The van der Waals surface area contributed by atoms with Crippen LogP contribution in [0.5, 0.6) is 0 Å². The molecule has 1 atom stereocenters. The average molecular weight is 496 g/mol. The predicted molar refractivity (Wildman–Crippen MR) is 129 cm³/mol. The standard InChI is InChI=1S/C26H26BrNO2S/c27-21-13-15-22(16-14-21)31(29,30)28-24-12-6-5-11-23(24)26(17-7-2-8-18-26)25(28)19-20-9-3-1-4-10-20/h1,3-6,9-16,25H,2,7-8,17-19H2. The summed E-state index contributed by atoms with van der Waals surface area (Å²) in [7, 11) is -3.70. The number of hydrogen-bond acceptors (Lipinski definition) is 2. The predicted octanol–water partition coefficient (Wildman–Crippen LogP) is 6.47. The zero-order valence-corrected chi connectivity index (χ0v) is 19.8. The number of rotatable bonds is 4. The fourth-order valence-electron chi connectivity index (χ4n) is 5.58. The van der Waals surface area contributed by atoms with E-state index in [4.69, 9.17) is 0 Å². The van der Waals surface area contributed by atoms with Crippen molar-refractivity contribution in [1.82, 2.24) is 0 Å². The molecule has 1 aliphatic heterocycles. The first-order chi connectivity index (χ1) is 15.0. The molecule has 0 bridgehead atoms. The summed E-state index contributed by atoms with van der Waals surface area (Å²) >= 11 is 3.43. The summed E-state index contributed by atoms with van der Waals surface area (Å²) in [4.78, 5) is 0.344. The van der Waals surface area contributed by atoms with Gasteiger partial charge >= 0.3 is 0 Å². The minimum atomic E-state index is -3.70. The minimum Gasteiger partial charge on any atom is -0.262 e. The molecule has 1 aliphatic carbocycles. The van der Waals surface area contributed by atoms with Gasteiger partial charge in [0.05, 0.1) is 16.6 Å². The average Bonchev–Trinajstić information content (AvgIpc) is 3.05. The second kappa shape index (κ2) is 8.10. The maximum Gasteiger partial charge on any atom is 0.264 e. The molecule has 3 nitrogen and oxygen atoms in total. The van der Waals surface area contributed by atoms with Crippen molar-refractivity contribution in [3.8, 4) is 0 Å². The Kier molecular flexibility index (Phi) is 5.43. The number of nitrogens with zero attached hydrogens (tertiary/aromatic N) is 1. The van der Waals surface area contributed by atoms with Gasteiger partial charge in [-0.05, 0) is 60.7 Å². The van der Waals surface area contributed by atoms with Crippen LogP contribution in [0.4, 0.5) is 5.69 Å². The minimum absolute atomic E-state index is 0.124. The lowest BCUT2D eigenvalue weighted by Crippen LogP contribution is -2.49. The molecule has 160 valence electrons. The van der Waals surface area contributed by atoms with E-state index in [0.29, 0.717) is 11.3 Å². The molecule has 0 N–H and O–H groups in total. The lowest BCUT2D eigenvalue weighted by atomic mass is 9.65. The fourth-order valence-corrected chi connectivity index (χ4v) is 7.58. The molecule has 0 amide bonds. The van der Waals surface area contributed by atoms with Gasteiger partial charge in [-0.15, -0.1) is 0 Å². The van der Waals surface area contributed by atoms with Crippen molar-refractivity contribution in [2.24, 2.45) is 0 Å². The number of sulfonamides is 1. The Morgan fingerprint density at radius 3 is 2.19 bits per heavy atom. The van der Waals surface area contributed by atoms with Crippen molar-refractivity contribution >= 4 is 31.6 Å². The van der Waals surface area contributed by atoms with E-state index in [2.05, 4.69) is 40.2 Å². The van der Waals surface area contributed by atoms with Crippen molar-refractivity contribution in [1.29, 1.82) is 0 Å². The van der Waals surface area contributed by atoms with Gasteiger partial charge in [0.25, 0.3) is 10.0 Å². The molecule has 3 aromatic rings. The van der Waals surface area contributed by atoms with E-state index in [-0.39, 0.29) is 11.5 Å². The van der Waals surface area contributed by atoms with Gasteiger partial charge in [-0.25, -0.2) is 8.42 Å². The maximum atomic E-state index is 14.0. The number of benzene rings is 3. The molecular weight excluding hydrogens is 470 g/mol. The van der Waals surface area contributed by atoms with Gasteiger partial charge in [0, 0.05) is 9.89 Å². The monoisotopic (exact) mass is 495 g/mol. The molecule has 0 aromatic heterocycles. The number of anilines is 1. The van der Waals surface area contributed by atoms with E-state index in [0.717, 1.165) is 35.8 Å². The van der Waals surface area contributed by atoms with Crippen LogP contribution < -0.4 is 4.31 Å². The number of halogens is 1. The normalized spacial score (nSPS) is 20.0. The van der Waals surface area contributed by atoms with E-state index in [9.17, 15) is 8.42 Å². The molecule has 1 unspecified atom stereocenters. The summed E-state index contributed by atoms with van der Waals surface area (Å²) in [6.45, 7) is 0. The van der Waals surface area contributed by atoms with Crippen LogP contribution in [0.25, 0.3) is 0 Å². The first-order valence-electron chi connectivity index (χ1n) is 11.0. The van der Waals surface area contributed by atoms with E-state index < -0.39 is 10.0 Å². The molecule has 5 rings (SSSR count). The summed E-state index contributed by atoms with van der Waals surface area (Å²) in [5, 5.41) is 0. The van der Waals surface area contributed by atoms with Gasteiger partial charge in [-0.1, -0.05) is 83.7 Å². The first kappa shape index (κ1) is 20.8. The third-order valence-corrected chi connectivity index (χ3v) is 9.35. The summed E-state index contributed by atoms with van der Waals surface area (Å²) < 4.78 is 30.7. The molecule has 0 saturated heterocycles. The van der Waals surface area contributed by atoms with Gasteiger partial charge < -0.3 is 0 Å². The highest BCUT2D eigenvalue weighted by Gasteiger charge is 2.54. The summed E-state index contributed by atoms with van der Waals surface area (Å²) in [5.41, 5.74) is 3.11. The third kappa shape index (κ3) is 3.52. The molecular formula is C26H26BrNO2S. The topological polar surface area (TPSA) is 37.4 Å². The Balaban J connectivity index is 1.69. The fraction of sp³-hybridized carbons (Fsp3) is 0.308. The molecule has 1 heterocycles. The molecule has 1 saturated carbocycles. The highest BCUT2D eigenvalue weighted by Crippen LogP contribution is 2.55. The maximum absolute atomic E-state index is 14.0. The summed E-state index contributed by atoms with van der Waals surface area (Å²) in [6, 6.07) is 25.4. The van der Waals surface area contributed by atoms with Crippen molar-refractivity contribution in [3.63, 3.8) is 0 Å². The highest BCUT2D eigenvalue weighted by atomic mass is 79.9. The van der Waals surface area contributed by atoms with E-state index in [1.807, 2.05) is 30.3 Å². The lowest BCUT2D eigenvalue weighted by molar-refractivity contribution is 0.259. The molecule has 31 heavy (non-hydrogen) atoms. The van der Waals surface area contributed by atoms with Crippen molar-refractivity contribution in [2.45, 2.75) is 54.9 Å². The number of hydrogen-bond donors (Lipinski definition) is 0. The molecule has 2 aliphatic rings. The quantitative estimate of drug-likeness (QED) is 0.415. The van der Waals surface area contributed by atoms with Crippen LogP contribution in [0.1, 0.15) is 43.2 Å². The zero-order valence-electron chi connectivity index (χ0n) is 17.4. The molecule has 5 heteroatoms. The van der Waals surface area contributed by atoms with Crippen molar-refractivity contribution < 1.29 is 8.42 Å². The van der Waals surface area contributed by atoms with Gasteiger partial charge in [0.1, 0.15) is 0 Å². The van der Waals surface area contributed by atoms with E-state index in [1.54, 1.807) is 28.6 Å². The third-order valence-electron chi connectivity index (χ3n) is 6.99. The Labute approximate surface area is 193 Å². The van der Waals surface area contributed by atoms with Crippen LogP contribution in [-0.4, -0.2) is 14.5 Å². The van der Waals surface area contributed by atoms with Crippen LogP contribution in [0.15, 0.2) is 88.2 Å². The Bertz CT molecular complexity index is 1170. The second-order valence-corrected chi connectivity index (χ2v) is 11.4. The molecule has 1 fully saturated rings. The SMILES string of the molecule is O=S(=O)(c1ccc(Br)cc1)N1c2ccccc2C2(CCCCC2)C1Cc1ccccc1. The van der Waals surface area contributed by atoms with Crippen LogP contribution in [0, 0.1) is 0 Å². The van der Waals surface area contributed by atoms with Crippen molar-refractivity contribution in [2.75, 3.05) is 4.31 Å². The van der Waals surface area contributed by atoms with Crippen LogP contribution in [0.2, 0.25) is 0 Å². The largest absolute Gasteiger partial charge is 0.264 e. The van der Waals surface area contributed by atoms with E-state index >= 15 is 0 Å². The highest BCUT2D eigenvalue weighted by molar-refractivity contribution is 9.10. The summed E-state index contributed by atoms with van der Waals surface area (Å²) in [6.07, 6.45) is 6.30. The molecule has 0 radical (unpaired) electrons. The van der Waals surface area contributed by atoms with Crippen LogP contribution >= 0.6 is 15.9 Å². The Morgan fingerprint density at radius 1 is 0.839 bits per heavy atom. The lowest BCUT2D eigenvalue weighted by Gasteiger charge is -2.42. The van der Waals surface area contributed by atoms with Crippen LogP contribution in [-0.2, 0) is 21.9 Å². The zero-order chi connectivity index (χ0) is 21.5. The van der Waals surface area contributed by atoms with Gasteiger partial charge in [0.2, 0.25) is 0 Å². The first-order valence-corrected chi connectivity index (χ1v) is 13.2. The Morgan fingerprint density at radius 2 is 1.48 bits per heavy atom. The van der Waals surface area contributed by atoms with E-state index in [1.165, 1.54) is 17.5 Å². The number of para-hydroxylation sites is 1. The second-order valence-electron chi connectivity index (χ2n) is 8.69. The van der Waals surface area contributed by atoms with Crippen molar-refractivity contribution in [3.05, 3.63) is 94.5 Å². The van der Waals surface area contributed by atoms with Crippen LogP contribution in [0.3, 0.4) is 0 Å². The summed E-state index contributed by atoms with van der Waals surface area (Å²) in [5.74, 6) is 0. The smallest absolute Gasteiger partial charge is 0.262 e. The Hall–Kier alpha value is -2.11. The number of fused-ring (bicyclic) bond motifs is 2. The van der Waals surface area contributed by atoms with Gasteiger partial charge in [-0.2, -0.15) is 0 Å².